The molecule has 0 aliphatic heterocycles. The van der Waals surface area contributed by atoms with Crippen molar-refractivity contribution < 1.29 is 4.18 Å². The molecule has 0 radical (unpaired) electrons. The molecule has 0 heterocycles. The van der Waals surface area contributed by atoms with Crippen LogP contribution in [0.5, 0.6) is 0 Å². The lowest BCUT2D eigenvalue weighted by Crippen LogP contribution is -2.05. The maximum atomic E-state index is 7.13. The van der Waals surface area contributed by atoms with Crippen molar-refractivity contribution in [1.82, 2.24) is 0 Å². The summed E-state index contributed by atoms with van der Waals surface area (Å²) in [5.74, 6) is 0.745. The monoisotopic (exact) mass is 203 g/mol. The summed E-state index contributed by atoms with van der Waals surface area (Å²) in [6, 6.07) is 0. The van der Waals surface area contributed by atoms with Gasteiger partial charge in [0.2, 0.25) is 0 Å². The summed E-state index contributed by atoms with van der Waals surface area (Å²) in [5.41, 5.74) is 0.854. The van der Waals surface area contributed by atoms with E-state index in [0.717, 1.165) is 11.3 Å². The fourth-order valence-electron chi connectivity index (χ4n) is 0.979. The highest BCUT2D eigenvalue weighted by atomic mass is 35.5. The molecule has 0 amide bonds. The van der Waals surface area contributed by atoms with Crippen LogP contribution < -0.4 is 0 Å². The molecule has 0 fully saturated rings. The maximum absolute atomic E-state index is 7.13. The van der Waals surface area contributed by atoms with Crippen LogP contribution in [0, 0.1) is 5.41 Å². The number of hydrogen-bond acceptors (Lipinski definition) is 3. The van der Waals surface area contributed by atoms with E-state index in [1.165, 1.54) is 18.3 Å². The topological polar surface area (TPSA) is 33.1 Å². The molecular weight excluding hydrogens is 194 g/mol. The number of alkyl halides is 1. The summed E-state index contributed by atoms with van der Waals surface area (Å²) in [5, 5.41) is 7.13. The van der Waals surface area contributed by atoms with E-state index in [2.05, 4.69) is 0 Å². The molecule has 1 N–H and O–H groups in total. The second-order valence-corrected chi connectivity index (χ2v) is 3.42. The quantitative estimate of drug-likeness (QED) is 0.435. The summed E-state index contributed by atoms with van der Waals surface area (Å²) in [7, 11) is 0. The summed E-state index contributed by atoms with van der Waals surface area (Å²) in [6.45, 7) is 0. The first-order chi connectivity index (χ1) is 5.77. The highest BCUT2D eigenvalue weighted by Crippen LogP contribution is 2.24. The fraction of sp³-hybridized carbons (Fsp3) is 0.375. The number of rotatable bonds is 3. The Kier molecular flexibility index (Phi) is 3.69. The van der Waals surface area contributed by atoms with Crippen LogP contribution in [-0.2, 0) is 4.18 Å². The van der Waals surface area contributed by atoms with Crippen LogP contribution in [0.1, 0.15) is 6.42 Å². The lowest BCUT2D eigenvalue weighted by molar-refractivity contribution is 0.513. The van der Waals surface area contributed by atoms with Gasteiger partial charge in [-0.3, -0.25) is 0 Å². The van der Waals surface area contributed by atoms with Gasteiger partial charge in [0.1, 0.15) is 5.76 Å². The van der Waals surface area contributed by atoms with Crippen molar-refractivity contribution in [2.75, 3.05) is 6.26 Å². The van der Waals surface area contributed by atoms with E-state index >= 15 is 0 Å². The Morgan fingerprint density at radius 3 is 3.17 bits per heavy atom. The van der Waals surface area contributed by atoms with Crippen LogP contribution in [0.2, 0.25) is 0 Å². The number of nitrogens with one attached hydrogen (secondary N) is 1. The van der Waals surface area contributed by atoms with Gasteiger partial charge in [-0.25, -0.2) is 0 Å². The van der Waals surface area contributed by atoms with Crippen LogP contribution in [0.25, 0.3) is 0 Å². The molecule has 1 aliphatic carbocycles. The van der Waals surface area contributed by atoms with Gasteiger partial charge in [-0.1, -0.05) is 6.08 Å². The standard InChI is InChI=1S/C8H10ClNOS/c1-12-11-8-3-2-7(9)4-6(8)5-10/h2-3,5,7,10H,4H2,1H3. The predicted octanol–water partition coefficient (Wildman–Crippen LogP) is 2.75. The average molecular weight is 204 g/mol. The third-order valence-corrected chi connectivity index (χ3v) is 2.18. The van der Waals surface area contributed by atoms with Gasteiger partial charge in [-0.2, -0.15) is 0 Å². The minimum atomic E-state index is -0.00388. The first-order valence-electron chi connectivity index (χ1n) is 3.54. The molecule has 0 saturated heterocycles. The molecule has 12 heavy (non-hydrogen) atoms. The SMILES string of the molecule is CSOC1=C(C=N)CC(Cl)C=C1. The van der Waals surface area contributed by atoms with Crippen molar-refractivity contribution in [3.05, 3.63) is 23.5 Å². The van der Waals surface area contributed by atoms with Crippen molar-refractivity contribution in [2.24, 2.45) is 0 Å². The lowest BCUT2D eigenvalue weighted by atomic mass is 10.0. The lowest BCUT2D eigenvalue weighted by Gasteiger charge is -2.14. The van der Waals surface area contributed by atoms with Gasteiger partial charge in [0.25, 0.3) is 0 Å². The Bertz CT molecular complexity index is 237. The summed E-state index contributed by atoms with van der Waals surface area (Å²) < 4.78 is 5.23. The second kappa shape index (κ2) is 4.58. The third-order valence-electron chi connectivity index (χ3n) is 1.54. The van der Waals surface area contributed by atoms with Gasteiger partial charge in [-0.05, 0) is 12.5 Å². The zero-order valence-corrected chi connectivity index (χ0v) is 8.28. The Balaban J connectivity index is 2.77. The minimum absolute atomic E-state index is 0.00388. The van der Waals surface area contributed by atoms with E-state index in [-0.39, 0.29) is 5.38 Å². The molecule has 0 bridgehead atoms. The Morgan fingerprint density at radius 1 is 1.83 bits per heavy atom. The first kappa shape index (κ1) is 9.68. The van der Waals surface area contributed by atoms with Crippen molar-refractivity contribution >= 4 is 29.9 Å². The Labute approximate surface area is 81.3 Å². The van der Waals surface area contributed by atoms with Gasteiger partial charge in [0, 0.05) is 18.0 Å². The first-order valence-corrected chi connectivity index (χ1v) is 5.13. The zero-order chi connectivity index (χ0) is 8.97. The molecule has 1 rings (SSSR count). The molecule has 2 nitrogen and oxygen atoms in total. The zero-order valence-electron chi connectivity index (χ0n) is 6.71. The molecular formula is C8H10ClNOS. The second-order valence-electron chi connectivity index (χ2n) is 2.36. The van der Waals surface area contributed by atoms with E-state index in [1.807, 2.05) is 18.4 Å². The molecule has 4 heteroatoms. The van der Waals surface area contributed by atoms with Crippen molar-refractivity contribution in [3.8, 4) is 0 Å². The predicted molar refractivity (Wildman–Crippen MR) is 53.8 cm³/mol. The molecule has 1 unspecified atom stereocenters. The molecule has 0 aromatic carbocycles. The Morgan fingerprint density at radius 2 is 2.58 bits per heavy atom. The van der Waals surface area contributed by atoms with Crippen molar-refractivity contribution in [2.45, 2.75) is 11.8 Å². The smallest absolute Gasteiger partial charge is 0.141 e. The molecule has 0 saturated carbocycles. The van der Waals surface area contributed by atoms with Crippen molar-refractivity contribution in [1.29, 1.82) is 5.41 Å². The Hall–Kier alpha value is -0.410. The van der Waals surface area contributed by atoms with Gasteiger partial charge >= 0.3 is 0 Å². The van der Waals surface area contributed by atoms with Gasteiger partial charge < -0.3 is 9.59 Å². The number of halogens is 1. The maximum Gasteiger partial charge on any atom is 0.141 e. The third kappa shape index (κ3) is 2.29. The molecule has 1 atom stereocenters. The van der Waals surface area contributed by atoms with Gasteiger partial charge in [-0.15, -0.1) is 11.6 Å². The van der Waals surface area contributed by atoms with Crippen LogP contribution in [0.4, 0.5) is 0 Å². The molecule has 0 aromatic heterocycles. The van der Waals surface area contributed by atoms with Crippen LogP contribution in [0.15, 0.2) is 23.5 Å². The van der Waals surface area contributed by atoms with E-state index in [9.17, 15) is 0 Å². The summed E-state index contributed by atoms with van der Waals surface area (Å²) >= 11 is 7.14. The number of hydrogen-bond donors (Lipinski definition) is 1. The normalized spacial score (nSPS) is 22.7. The van der Waals surface area contributed by atoms with Crippen molar-refractivity contribution in [3.63, 3.8) is 0 Å². The highest BCUT2D eigenvalue weighted by Gasteiger charge is 2.13. The summed E-state index contributed by atoms with van der Waals surface area (Å²) in [6.07, 6.45) is 7.51. The largest absolute Gasteiger partial charge is 0.426 e. The van der Waals surface area contributed by atoms with E-state index in [4.69, 9.17) is 21.2 Å². The molecule has 0 spiro atoms. The van der Waals surface area contributed by atoms with Crippen LogP contribution in [0.3, 0.4) is 0 Å². The molecule has 0 aromatic rings. The van der Waals surface area contributed by atoms with E-state index < -0.39 is 0 Å². The average Bonchev–Trinajstić information content (AvgIpc) is 2.08. The van der Waals surface area contributed by atoms with Crippen LogP contribution in [-0.4, -0.2) is 17.8 Å². The van der Waals surface area contributed by atoms with Gasteiger partial charge in [0.05, 0.1) is 17.4 Å². The molecule has 66 valence electrons. The minimum Gasteiger partial charge on any atom is -0.426 e. The molecule has 1 aliphatic rings. The van der Waals surface area contributed by atoms with E-state index in [1.54, 1.807) is 0 Å². The fourth-order valence-corrected chi connectivity index (χ4v) is 1.56. The van der Waals surface area contributed by atoms with Crippen LogP contribution >= 0.6 is 23.6 Å². The summed E-state index contributed by atoms with van der Waals surface area (Å²) in [4.78, 5) is 0. The van der Waals surface area contributed by atoms with Gasteiger partial charge in [0.15, 0.2) is 0 Å². The van der Waals surface area contributed by atoms with E-state index in [0.29, 0.717) is 6.42 Å². The highest BCUT2D eigenvalue weighted by molar-refractivity contribution is 7.94. The number of allylic oxidation sites excluding steroid dienone is 3.